The number of nitrogens with two attached hydrogens (primary N) is 1. The van der Waals surface area contributed by atoms with E-state index in [2.05, 4.69) is 35.9 Å². The summed E-state index contributed by atoms with van der Waals surface area (Å²) in [5.41, 5.74) is 8.33. The lowest BCUT2D eigenvalue weighted by atomic mass is 9.48. The highest BCUT2D eigenvalue weighted by molar-refractivity contribution is 6.43. The second-order valence-corrected chi connectivity index (χ2v) is 15.8. The molecule has 6 rings (SSSR count). The summed E-state index contributed by atoms with van der Waals surface area (Å²) in [5.74, 6) is 2.52. The fourth-order valence-electron chi connectivity index (χ4n) is 9.04. The number of anilines is 2. The van der Waals surface area contributed by atoms with Gasteiger partial charge in [-0.15, -0.1) is 0 Å². The minimum Gasteiger partial charge on any atom is -0.496 e. The molecule has 0 heterocycles. The van der Waals surface area contributed by atoms with E-state index in [4.69, 9.17) is 44.3 Å². The van der Waals surface area contributed by atoms with E-state index in [1.165, 1.54) is 6.42 Å². The lowest BCUT2D eigenvalue weighted by Crippen LogP contribution is -2.68. The average molecular weight is 810 g/mol. The van der Waals surface area contributed by atoms with Crippen molar-refractivity contribution in [3.63, 3.8) is 0 Å². The molecule has 0 spiro atoms. The Morgan fingerprint density at radius 2 is 1.36 bits per heavy atom. The summed E-state index contributed by atoms with van der Waals surface area (Å²) in [6.45, 7) is 10.3. The monoisotopic (exact) mass is 809 g/mol. The summed E-state index contributed by atoms with van der Waals surface area (Å²) in [7, 11) is 3.17. The molecule has 4 saturated carbocycles. The maximum atomic E-state index is 13.9. The second kappa shape index (κ2) is 23.1. The van der Waals surface area contributed by atoms with E-state index in [0.717, 1.165) is 42.6 Å². The number of aliphatic hydroxyl groups excluding tert-OH is 1. The minimum absolute atomic E-state index is 0.115. The minimum atomic E-state index is -0.695. The van der Waals surface area contributed by atoms with E-state index in [1.54, 1.807) is 20.3 Å². The molecule has 0 saturated heterocycles. The number of aliphatic hydroxyl groups is 1. The first-order valence-corrected chi connectivity index (χ1v) is 20.9. The molecule has 0 aromatic heterocycles. The number of hydrogen-bond acceptors (Lipinski definition) is 13. The molecule has 0 radical (unpaired) electrons. The van der Waals surface area contributed by atoms with Gasteiger partial charge in [-0.2, -0.15) is 0 Å². The SMILES string of the molecule is COc1cccc(OC)c1/C(=C/C(=N)C(=O)NC1(CO)C2CC3CC(C2)CC1C3)Nc1ccc(NCCOCCOCCOCCOCCOCCN)cc1C(C)C. The van der Waals surface area contributed by atoms with Gasteiger partial charge in [0.05, 0.1) is 104 Å². The smallest absolute Gasteiger partial charge is 0.269 e. The van der Waals surface area contributed by atoms with E-state index < -0.39 is 11.4 Å². The first-order valence-electron chi connectivity index (χ1n) is 20.9. The lowest BCUT2D eigenvalue weighted by Gasteiger charge is -2.60. The van der Waals surface area contributed by atoms with Gasteiger partial charge in [0.15, 0.2) is 0 Å². The number of ether oxygens (including phenoxy) is 7. The zero-order valence-corrected chi connectivity index (χ0v) is 34.9. The summed E-state index contributed by atoms with van der Waals surface area (Å²) in [5, 5.41) is 30.1. The van der Waals surface area contributed by atoms with Gasteiger partial charge >= 0.3 is 0 Å². The molecule has 58 heavy (non-hydrogen) atoms. The van der Waals surface area contributed by atoms with Crippen LogP contribution < -0.4 is 31.2 Å². The number of rotatable bonds is 28. The fraction of sp³-hybridized carbons (Fsp3) is 0.636. The Morgan fingerprint density at radius 1 is 0.828 bits per heavy atom. The molecule has 0 unspecified atom stereocenters. The van der Waals surface area contributed by atoms with Gasteiger partial charge in [-0.25, -0.2) is 0 Å². The molecule has 4 aliphatic rings. The van der Waals surface area contributed by atoms with Crippen LogP contribution in [0.4, 0.5) is 11.4 Å². The largest absolute Gasteiger partial charge is 0.496 e. The van der Waals surface area contributed by atoms with Crippen molar-refractivity contribution in [2.75, 3.05) is 111 Å². The Labute approximate surface area is 344 Å². The topological polar surface area (TPSA) is 188 Å². The predicted octanol–water partition coefficient (Wildman–Crippen LogP) is 5.06. The normalized spacial score (nSPS) is 22.3. The Hall–Kier alpha value is -3.76. The molecule has 0 atom stereocenters. The number of carbonyl (C=O) groups is 1. The number of methoxy groups -OCH3 is 2. The van der Waals surface area contributed by atoms with Gasteiger partial charge < -0.3 is 59.9 Å². The van der Waals surface area contributed by atoms with Crippen LogP contribution in [0.15, 0.2) is 42.5 Å². The maximum Gasteiger partial charge on any atom is 0.269 e. The standard InChI is InChI=1S/C44H67N5O9/c1-30(2)36-27-35(47-11-13-55-15-17-57-19-21-58-20-18-56-16-14-54-12-10-45)8-9-38(36)48-39(42-40(52-3)6-5-7-41(42)53-4)28-37(46)43(51)49-44(29-50)33-23-31-22-32(25-33)26-34(44)24-31/h5-9,27-28,30-34,46-48,50H,10-26,29,45H2,1-4H3,(H,49,51)/b39-28-,46-37?. The van der Waals surface area contributed by atoms with Gasteiger partial charge in [0, 0.05) is 24.5 Å². The highest BCUT2D eigenvalue weighted by atomic mass is 16.6. The molecule has 322 valence electrons. The maximum absolute atomic E-state index is 13.9. The summed E-state index contributed by atoms with van der Waals surface area (Å²) in [6.07, 6.45) is 6.90. The predicted molar refractivity (Wildman–Crippen MR) is 226 cm³/mol. The van der Waals surface area contributed by atoms with E-state index in [1.807, 2.05) is 30.3 Å². The first kappa shape index (κ1) is 45.3. The molecule has 7 N–H and O–H groups in total. The zero-order valence-electron chi connectivity index (χ0n) is 34.9. The van der Waals surface area contributed by atoms with Gasteiger partial charge in [-0.05, 0) is 104 Å². The van der Waals surface area contributed by atoms with Crippen molar-refractivity contribution < 1.29 is 43.1 Å². The van der Waals surface area contributed by atoms with Gasteiger partial charge in [0.25, 0.3) is 5.91 Å². The molecule has 14 heteroatoms. The Bertz CT molecular complexity index is 1590. The number of benzene rings is 2. The average Bonchev–Trinajstić information content (AvgIpc) is 3.22. The van der Waals surface area contributed by atoms with Gasteiger partial charge in [0.1, 0.15) is 17.2 Å². The molecule has 2 aromatic carbocycles. The molecular weight excluding hydrogens is 743 g/mol. The third kappa shape index (κ3) is 12.2. The van der Waals surface area contributed by atoms with Crippen LogP contribution in [0.1, 0.15) is 63.0 Å². The van der Waals surface area contributed by atoms with Crippen LogP contribution in [-0.4, -0.2) is 122 Å². The third-order valence-corrected chi connectivity index (χ3v) is 11.7. The second-order valence-electron chi connectivity index (χ2n) is 15.8. The fourth-order valence-corrected chi connectivity index (χ4v) is 9.04. The first-order chi connectivity index (χ1) is 28.2. The Kier molecular flexibility index (Phi) is 18.1. The molecule has 4 bridgehead atoms. The molecule has 2 aromatic rings. The van der Waals surface area contributed by atoms with Crippen LogP contribution in [0, 0.1) is 29.1 Å². The van der Waals surface area contributed by atoms with Crippen molar-refractivity contribution >= 4 is 28.7 Å². The van der Waals surface area contributed by atoms with E-state index >= 15 is 0 Å². The van der Waals surface area contributed by atoms with Crippen molar-refractivity contribution in [1.29, 1.82) is 5.41 Å². The molecule has 0 aliphatic heterocycles. The summed E-state index contributed by atoms with van der Waals surface area (Å²) < 4.78 is 39.1. The van der Waals surface area contributed by atoms with Crippen LogP contribution in [0.5, 0.6) is 11.5 Å². The molecule has 1 amide bonds. The number of amides is 1. The summed E-state index contributed by atoms with van der Waals surface area (Å²) in [4.78, 5) is 13.9. The number of nitrogens with one attached hydrogen (secondary N) is 4. The molecular formula is C44H67N5O9. The van der Waals surface area contributed by atoms with Crippen molar-refractivity contribution in [3.8, 4) is 11.5 Å². The molecule has 4 fully saturated rings. The highest BCUT2D eigenvalue weighted by Crippen LogP contribution is 2.58. The van der Waals surface area contributed by atoms with E-state index in [9.17, 15) is 9.90 Å². The van der Waals surface area contributed by atoms with Gasteiger partial charge in [-0.3, -0.25) is 10.2 Å². The van der Waals surface area contributed by atoms with E-state index in [0.29, 0.717) is 114 Å². The molecule has 14 nitrogen and oxygen atoms in total. The summed E-state index contributed by atoms with van der Waals surface area (Å²) >= 11 is 0. The van der Waals surface area contributed by atoms with Crippen molar-refractivity contribution in [2.45, 2.75) is 57.4 Å². The van der Waals surface area contributed by atoms with Crippen LogP contribution >= 0.6 is 0 Å². The van der Waals surface area contributed by atoms with Crippen LogP contribution in [0.25, 0.3) is 5.70 Å². The van der Waals surface area contributed by atoms with Crippen LogP contribution in [0.3, 0.4) is 0 Å². The van der Waals surface area contributed by atoms with Gasteiger partial charge in [-0.1, -0.05) is 19.9 Å². The number of hydrogen-bond donors (Lipinski definition) is 6. The molecule has 4 aliphatic carbocycles. The highest BCUT2D eigenvalue weighted by Gasteiger charge is 2.57. The van der Waals surface area contributed by atoms with E-state index in [-0.39, 0.29) is 30.1 Å². The van der Waals surface area contributed by atoms with Crippen LogP contribution in [0.2, 0.25) is 0 Å². The van der Waals surface area contributed by atoms with Gasteiger partial charge in [0.2, 0.25) is 0 Å². The Balaban J connectivity index is 1.16. The van der Waals surface area contributed by atoms with Crippen molar-refractivity contribution in [1.82, 2.24) is 5.32 Å². The number of carbonyl (C=O) groups excluding carboxylic acids is 1. The van der Waals surface area contributed by atoms with Crippen molar-refractivity contribution in [2.24, 2.45) is 29.4 Å². The summed E-state index contributed by atoms with van der Waals surface area (Å²) in [6, 6.07) is 11.6. The van der Waals surface area contributed by atoms with Crippen LogP contribution in [-0.2, 0) is 28.5 Å². The lowest BCUT2D eigenvalue weighted by molar-refractivity contribution is -0.130. The van der Waals surface area contributed by atoms with Crippen molar-refractivity contribution in [3.05, 3.63) is 53.6 Å². The zero-order chi connectivity index (χ0) is 41.3. The quantitative estimate of drug-likeness (QED) is 0.0497. The third-order valence-electron chi connectivity index (χ3n) is 11.7. The Morgan fingerprint density at radius 3 is 1.86 bits per heavy atom.